The highest BCUT2D eigenvalue weighted by Gasteiger charge is 2.53. The second-order valence-corrected chi connectivity index (χ2v) is 8.21. The van der Waals surface area contributed by atoms with E-state index in [-0.39, 0.29) is 28.8 Å². The van der Waals surface area contributed by atoms with Crippen molar-refractivity contribution in [2.24, 2.45) is 0 Å². The zero-order valence-electron chi connectivity index (χ0n) is 14.7. The van der Waals surface area contributed by atoms with Crippen molar-refractivity contribution in [3.05, 3.63) is 11.3 Å². The van der Waals surface area contributed by atoms with E-state index in [9.17, 15) is 24.3 Å². The number of rotatable bonds is 9. The van der Waals surface area contributed by atoms with Crippen LogP contribution in [0.2, 0.25) is 0 Å². The highest BCUT2D eigenvalue weighted by atomic mass is 32.2. The molecule has 0 aromatic heterocycles. The van der Waals surface area contributed by atoms with E-state index in [2.05, 4.69) is 10.6 Å². The molecule has 0 aromatic carbocycles. The van der Waals surface area contributed by atoms with Crippen molar-refractivity contribution >= 4 is 47.2 Å². The summed E-state index contributed by atoms with van der Waals surface area (Å²) in [5, 5.41) is 14.6. The van der Waals surface area contributed by atoms with Crippen molar-refractivity contribution in [1.29, 1.82) is 0 Å². The lowest BCUT2D eigenvalue weighted by Gasteiger charge is -2.49. The zero-order valence-corrected chi connectivity index (χ0v) is 16.4. The minimum absolute atomic E-state index is 0.0340. The van der Waals surface area contributed by atoms with E-state index in [0.717, 1.165) is 0 Å². The fraction of sp³-hybridized carbons (Fsp3) is 0.625. The van der Waals surface area contributed by atoms with Gasteiger partial charge in [-0.1, -0.05) is 6.92 Å². The summed E-state index contributed by atoms with van der Waals surface area (Å²) in [4.78, 5) is 48.0. The third kappa shape index (κ3) is 4.73. The summed E-state index contributed by atoms with van der Waals surface area (Å²) in [5.74, 6) is -0.140. The van der Waals surface area contributed by atoms with Gasteiger partial charge in [0.25, 0.3) is 5.91 Å². The Kier molecular flexibility index (Phi) is 7.39. The molecule has 0 saturated carbocycles. The zero-order chi connectivity index (χ0) is 19.3. The molecule has 3 N–H and O–H groups in total. The lowest BCUT2D eigenvalue weighted by Crippen LogP contribution is -2.70. The smallest absolute Gasteiger partial charge is 0.352 e. The average Bonchev–Trinajstić information content (AvgIpc) is 2.58. The van der Waals surface area contributed by atoms with Crippen LogP contribution in [0.3, 0.4) is 0 Å². The van der Waals surface area contributed by atoms with Crippen LogP contribution in [0.15, 0.2) is 11.3 Å². The van der Waals surface area contributed by atoms with Crippen molar-refractivity contribution in [2.75, 3.05) is 23.8 Å². The monoisotopic (exact) mass is 401 g/mol. The van der Waals surface area contributed by atoms with Gasteiger partial charge in [0.05, 0.1) is 0 Å². The van der Waals surface area contributed by atoms with Gasteiger partial charge in [0, 0.05) is 37.1 Å². The first kappa shape index (κ1) is 20.6. The standard InChI is InChI=1S/C16H23N3O5S2/c1-3-4-11(21)18-12-14(22)19-13(16(23)24)10(8-26-15(12)19)7-25-6-5-17-9(2)20/h12,15H,3-8H2,1-2H3,(H,17,20)(H,18,21)(H,23,24)/t12-,15-/m1/s1. The predicted octanol–water partition coefficient (Wildman–Crippen LogP) is 0.394. The molecular formula is C16H23N3O5S2. The molecule has 2 atom stereocenters. The van der Waals surface area contributed by atoms with Gasteiger partial charge in [0.15, 0.2) is 0 Å². The van der Waals surface area contributed by atoms with Crippen molar-refractivity contribution in [3.63, 3.8) is 0 Å². The maximum atomic E-state index is 12.4. The summed E-state index contributed by atoms with van der Waals surface area (Å²) in [6, 6.07) is -0.651. The molecule has 3 amide bonds. The number of β-lactam (4-membered cyclic amide) rings is 1. The van der Waals surface area contributed by atoms with E-state index in [4.69, 9.17) is 0 Å². The van der Waals surface area contributed by atoms with Crippen LogP contribution in [0.25, 0.3) is 0 Å². The minimum Gasteiger partial charge on any atom is -0.477 e. The Morgan fingerprint density at radius 2 is 2.12 bits per heavy atom. The summed E-state index contributed by atoms with van der Waals surface area (Å²) in [6.45, 7) is 3.84. The van der Waals surface area contributed by atoms with Crippen LogP contribution < -0.4 is 10.6 Å². The number of fused-ring (bicyclic) bond motifs is 1. The number of thioether (sulfide) groups is 2. The van der Waals surface area contributed by atoms with Gasteiger partial charge in [-0.25, -0.2) is 4.79 Å². The SMILES string of the molecule is CCCC(=O)N[C@@H]1C(=O)N2C(C(=O)O)=C(CSCCNC(C)=O)CS[C@H]12. The Hall–Kier alpha value is -1.68. The number of nitrogens with zero attached hydrogens (tertiary/aromatic N) is 1. The molecule has 26 heavy (non-hydrogen) atoms. The number of nitrogens with one attached hydrogen (secondary N) is 2. The largest absolute Gasteiger partial charge is 0.477 e. The van der Waals surface area contributed by atoms with E-state index in [1.807, 2.05) is 6.92 Å². The van der Waals surface area contributed by atoms with Crippen molar-refractivity contribution < 1.29 is 24.3 Å². The lowest BCUT2D eigenvalue weighted by molar-refractivity contribution is -0.150. The van der Waals surface area contributed by atoms with Gasteiger partial charge in [0.2, 0.25) is 11.8 Å². The summed E-state index contributed by atoms with van der Waals surface area (Å²) < 4.78 is 0. The number of carbonyl (C=O) groups is 4. The third-order valence-corrected chi connectivity index (χ3v) is 6.33. The van der Waals surface area contributed by atoms with Crippen molar-refractivity contribution in [3.8, 4) is 0 Å². The molecule has 10 heteroatoms. The van der Waals surface area contributed by atoms with Gasteiger partial charge in [-0.15, -0.1) is 11.8 Å². The van der Waals surface area contributed by atoms with Crippen LogP contribution in [0.4, 0.5) is 0 Å². The number of amides is 3. The number of carboxylic acids is 1. The van der Waals surface area contributed by atoms with Gasteiger partial charge in [0.1, 0.15) is 17.1 Å². The number of carboxylic acid groups (broad SMARTS) is 1. The van der Waals surface area contributed by atoms with E-state index >= 15 is 0 Å². The van der Waals surface area contributed by atoms with E-state index in [1.54, 1.807) is 0 Å². The molecule has 8 nitrogen and oxygen atoms in total. The van der Waals surface area contributed by atoms with E-state index in [1.165, 1.54) is 35.3 Å². The van der Waals surface area contributed by atoms with Crippen LogP contribution in [0, 0.1) is 0 Å². The number of hydrogen-bond acceptors (Lipinski definition) is 6. The Morgan fingerprint density at radius 3 is 2.73 bits per heavy atom. The summed E-state index contributed by atoms with van der Waals surface area (Å²) >= 11 is 2.98. The Morgan fingerprint density at radius 1 is 1.38 bits per heavy atom. The molecular weight excluding hydrogens is 378 g/mol. The molecule has 144 valence electrons. The lowest BCUT2D eigenvalue weighted by atomic mass is 10.0. The summed E-state index contributed by atoms with van der Waals surface area (Å²) in [6.07, 6.45) is 1.04. The molecule has 2 aliphatic rings. The molecule has 2 rings (SSSR count). The van der Waals surface area contributed by atoms with Gasteiger partial charge in [-0.2, -0.15) is 11.8 Å². The van der Waals surface area contributed by atoms with E-state index in [0.29, 0.717) is 42.2 Å². The molecule has 2 aliphatic heterocycles. The predicted molar refractivity (Wildman–Crippen MR) is 101 cm³/mol. The molecule has 0 aromatic rings. The maximum Gasteiger partial charge on any atom is 0.352 e. The van der Waals surface area contributed by atoms with Crippen LogP contribution in [-0.2, 0) is 19.2 Å². The maximum absolute atomic E-state index is 12.4. The number of hydrogen-bond donors (Lipinski definition) is 3. The second-order valence-electron chi connectivity index (χ2n) is 6.00. The topological polar surface area (TPSA) is 116 Å². The molecule has 0 radical (unpaired) electrons. The van der Waals surface area contributed by atoms with Gasteiger partial charge in [-0.3, -0.25) is 19.3 Å². The summed E-state index contributed by atoms with van der Waals surface area (Å²) in [5.41, 5.74) is 0.727. The Bertz CT molecular complexity index is 637. The average molecular weight is 402 g/mol. The molecule has 0 aliphatic carbocycles. The number of aliphatic carboxylic acids is 1. The highest BCUT2D eigenvalue weighted by molar-refractivity contribution is 8.01. The molecule has 0 bridgehead atoms. The summed E-state index contributed by atoms with van der Waals surface area (Å²) in [7, 11) is 0. The molecule has 2 heterocycles. The normalized spacial score (nSPS) is 21.8. The van der Waals surface area contributed by atoms with E-state index < -0.39 is 12.0 Å². The second kappa shape index (κ2) is 9.31. The van der Waals surface area contributed by atoms with Crippen LogP contribution in [0.1, 0.15) is 26.7 Å². The van der Waals surface area contributed by atoms with Crippen molar-refractivity contribution in [1.82, 2.24) is 15.5 Å². The van der Waals surface area contributed by atoms with Gasteiger partial charge >= 0.3 is 5.97 Å². The quantitative estimate of drug-likeness (QED) is 0.378. The Balaban J connectivity index is 1.99. The first-order valence-electron chi connectivity index (χ1n) is 8.38. The third-order valence-electron chi connectivity index (χ3n) is 3.94. The molecule has 1 fully saturated rings. The fourth-order valence-corrected chi connectivity index (χ4v) is 5.11. The number of carbonyl (C=O) groups excluding carboxylic acids is 3. The van der Waals surface area contributed by atoms with Crippen LogP contribution in [0.5, 0.6) is 0 Å². The first-order valence-corrected chi connectivity index (χ1v) is 10.6. The van der Waals surface area contributed by atoms with Crippen LogP contribution >= 0.6 is 23.5 Å². The minimum atomic E-state index is -1.13. The Labute approximate surface area is 160 Å². The first-order chi connectivity index (χ1) is 12.4. The molecule has 0 spiro atoms. The van der Waals surface area contributed by atoms with Crippen LogP contribution in [-0.4, -0.2) is 68.9 Å². The highest BCUT2D eigenvalue weighted by Crippen LogP contribution is 2.41. The van der Waals surface area contributed by atoms with Crippen molar-refractivity contribution in [2.45, 2.75) is 38.1 Å². The molecule has 1 saturated heterocycles. The fourth-order valence-electron chi connectivity index (χ4n) is 2.76. The van der Waals surface area contributed by atoms with Gasteiger partial charge < -0.3 is 15.7 Å². The molecule has 0 unspecified atom stereocenters. The van der Waals surface area contributed by atoms with Gasteiger partial charge in [-0.05, 0) is 12.0 Å².